The Morgan fingerprint density at radius 2 is 0.875 bits per heavy atom. The molecule has 3 rings (SSSR count). The lowest BCUT2D eigenvalue weighted by Crippen LogP contribution is -2.42. The van der Waals surface area contributed by atoms with Crippen molar-refractivity contribution in [1.82, 2.24) is 21.7 Å². The van der Waals surface area contributed by atoms with Crippen LogP contribution in [-0.2, 0) is 0 Å². The van der Waals surface area contributed by atoms with Crippen LogP contribution < -0.4 is 33.2 Å². The molecule has 10 heteroatoms. The Labute approximate surface area is 182 Å². The molecule has 32 heavy (non-hydrogen) atoms. The highest BCUT2D eigenvalue weighted by Crippen LogP contribution is 2.11. The molecule has 0 bridgehead atoms. The summed E-state index contributed by atoms with van der Waals surface area (Å²) >= 11 is 0. The highest BCUT2D eigenvalue weighted by atomic mass is 16.2. The van der Waals surface area contributed by atoms with Crippen molar-refractivity contribution in [2.24, 2.45) is 0 Å². The summed E-state index contributed by atoms with van der Waals surface area (Å²) in [6.07, 6.45) is 0. The van der Waals surface area contributed by atoms with E-state index in [0.717, 1.165) is 0 Å². The van der Waals surface area contributed by atoms with Crippen LogP contribution in [0, 0.1) is 0 Å². The molecule has 0 aromatic heterocycles. The first kappa shape index (κ1) is 21.8. The van der Waals surface area contributed by atoms with Gasteiger partial charge in [-0.05, 0) is 42.5 Å². The minimum Gasteiger partial charge on any atom is -0.398 e. The van der Waals surface area contributed by atoms with Gasteiger partial charge in [-0.3, -0.25) is 40.9 Å². The molecule has 0 aliphatic rings. The molecular formula is C22H20N6O4. The molecule has 3 aromatic carbocycles. The standard InChI is InChI=1S/C22H20N6O4/c23-17-10-3-1-8-15(17)21(31)27-25-19(29)13-6-5-7-14(12-13)20(30)26-28-22(32)16-9-2-4-11-18(16)24/h1-12H,23-24H2,(H,25,29)(H,26,30)(H,27,31)(H,28,32). The summed E-state index contributed by atoms with van der Waals surface area (Å²) in [5.74, 6) is -2.48. The van der Waals surface area contributed by atoms with Crippen molar-refractivity contribution in [1.29, 1.82) is 0 Å². The Balaban J connectivity index is 1.59. The lowest BCUT2D eigenvalue weighted by molar-refractivity contribution is 0.0843. The summed E-state index contributed by atoms with van der Waals surface area (Å²) in [5.41, 5.74) is 21.7. The largest absolute Gasteiger partial charge is 0.398 e. The molecule has 0 atom stereocenters. The monoisotopic (exact) mass is 432 g/mol. The van der Waals surface area contributed by atoms with E-state index < -0.39 is 23.6 Å². The van der Waals surface area contributed by atoms with Crippen LogP contribution in [0.15, 0.2) is 72.8 Å². The van der Waals surface area contributed by atoms with Crippen molar-refractivity contribution in [3.05, 3.63) is 95.1 Å². The minimum atomic E-state index is -0.649. The van der Waals surface area contributed by atoms with Gasteiger partial charge in [-0.1, -0.05) is 30.3 Å². The summed E-state index contributed by atoms with van der Waals surface area (Å²) in [7, 11) is 0. The topological polar surface area (TPSA) is 168 Å². The van der Waals surface area contributed by atoms with Gasteiger partial charge in [0.15, 0.2) is 0 Å². The van der Waals surface area contributed by atoms with Crippen LogP contribution in [0.1, 0.15) is 41.4 Å². The third-order valence-corrected chi connectivity index (χ3v) is 4.38. The number of hydrogen-bond acceptors (Lipinski definition) is 6. The predicted octanol–water partition coefficient (Wildman–Crippen LogP) is 1.00. The van der Waals surface area contributed by atoms with Crippen LogP contribution in [-0.4, -0.2) is 23.6 Å². The third kappa shape index (κ3) is 5.19. The van der Waals surface area contributed by atoms with Crippen LogP contribution in [0.3, 0.4) is 0 Å². The Hall–Kier alpha value is -4.86. The summed E-state index contributed by atoms with van der Waals surface area (Å²) in [6, 6.07) is 18.5. The molecule has 0 saturated heterocycles. The van der Waals surface area contributed by atoms with Crippen molar-refractivity contribution in [2.45, 2.75) is 0 Å². The molecule has 0 radical (unpaired) electrons. The van der Waals surface area contributed by atoms with Gasteiger partial charge in [-0.2, -0.15) is 0 Å². The Kier molecular flexibility index (Phi) is 6.66. The number of nitrogens with two attached hydrogens (primary N) is 2. The zero-order chi connectivity index (χ0) is 23.1. The van der Waals surface area contributed by atoms with Gasteiger partial charge in [0, 0.05) is 22.5 Å². The summed E-state index contributed by atoms with van der Waals surface area (Å²) in [5, 5.41) is 0. The first-order valence-corrected chi connectivity index (χ1v) is 9.37. The lowest BCUT2D eigenvalue weighted by atomic mass is 10.1. The van der Waals surface area contributed by atoms with Crippen molar-refractivity contribution < 1.29 is 19.2 Å². The number of rotatable bonds is 4. The molecule has 4 amide bonds. The Morgan fingerprint density at radius 3 is 1.28 bits per heavy atom. The van der Waals surface area contributed by atoms with Crippen molar-refractivity contribution in [2.75, 3.05) is 11.5 Å². The number of carbonyl (C=O) groups excluding carboxylic acids is 4. The van der Waals surface area contributed by atoms with Crippen LogP contribution in [0.5, 0.6) is 0 Å². The van der Waals surface area contributed by atoms with Gasteiger partial charge >= 0.3 is 0 Å². The molecule has 0 fully saturated rings. The number of carbonyl (C=O) groups is 4. The second-order valence-electron chi connectivity index (χ2n) is 6.57. The van der Waals surface area contributed by atoms with Gasteiger partial charge in [0.2, 0.25) is 0 Å². The van der Waals surface area contributed by atoms with E-state index in [0.29, 0.717) is 0 Å². The number of nitrogen functional groups attached to an aromatic ring is 2. The molecule has 0 unspecified atom stereocenters. The molecule has 0 heterocycles. The van der Waals surface area contributed by atoms with E-state index in [4.69, 9.17) is 11.5 Å². The third-order valence-electron chi connectivity index (χ3n) is 4.38. The van der Waals surface area contributed by atoms with Crippen LogP contribution in [0.4, 0.5) is 11.4 Å². The maximum atomic E-state index is 12.4. The fraction of sp³-hybridized carbons (Fsp3) is 0. The normalized spacial score (nSPS) is 10.0. The average molecular weight is 432 g/mol. The van der Waals surface area contributed by atoms with Gasteiger partial charge < -0.3 is 11.5 Å². The number of benzene rings is 3. The highest BCUT2D eigenvalue weighted by Gasteiger charge is 2.14. The van der Waals surface area contributed by atoms with Crippen LogP contribution >= 0.6 is 0 Å². The predicted molar refractivity (Wildman–Crippen MR) is 118 cm³/mol. The van der Waals surface area contributed by atoms with Crippen LogP contribution in [0.25, 0.3) is 0 Å². The fourth-order valence-corrected chi connectivity index (χ4v) is 2.72. The quantitative estimate of drug-likeness (QED) is 0.265. The molecule has 3 aromatic rings. The summed E-state index contributed by atoms with van der Waals surface area (Å²) in [6.45, 7) is 0. The molecule has 8 N–H and O–H groups in total. The Bertz CT molecular complexity index is 1110. The van der Waals surface area contributed by atoms with Gasteiger partial charge in [0.1, 0.15) is 0 Å². The number of hydrogen-bond donors (Lipinski definition) is 6. The Morgan fingerprint density at radius 1 is 0.500 bits per heavy atom. The van der Waals surface area contributed by atoms with E-state index in [2.05, 4.69) is 21.7 Å². The fourth-order valence-electron chi connectivity index (χ4n) is 2.72. The van der Waals surface area contributed by atoms with Gasteiger partial charge in [-0.15, -0.1) is 0 Å². The molecule has 0 saturated carbocycles. The van der Waals surface area contributed by atoms with Gasteiger partial charge in [0.25, 0.3) is 23.6 Å². The first-order valence-electron chi connectivity index (χ1n) is 9.37. The number of amides is 4. The zero-order valence-corrected chi connectivity index (χ0v) is 16.7. The van der Waals surface area contributed by atoms with Crippen molar-refractivity contribution >= 4 is 35.0 Å². The molecule has 162 valence electrons. The number of hydrazine groups is 2. The number of nitrogens with one attached hydrogen (secondary N) is 4. The first-order chi connectivity index (χ1) is 15.4. The van der Waals surface area contributed by atoms with E-state index in [1.165, 1.54) is 36.4 Å². The zero-order valence-electron chi connectivity index (χ0n) is 16.7. The van der Waals surface area contributed by atoms with E-state index in [-0.39, 0.29) is 33.6 Å². The van der Waals surface area contributed by atoms with E-state index in [1.807, 2.05) is 0 Å². The second-order valence-corrected chi connectivity index (χ2v) is 6.57. The minimum absolute atomic E-state index is 0.109. The molecule has 0 spiro atoms. The number of para-hydroxylation sites is 2. The van der Waals surface area contributed by atoms with Crippen molar-refractivity contribution in [3.8, 4) is 0 Å². The highest BCUT2D eigenvalue weighted by molar-refractivity contribution is 6.04. The number of anilines is 2. The van der Waals surface area contributed by atoms with E-state index in [1.54, 1.807) is 36.4 Å². The van der Waals surface area contributed by atoms with E-state index in [9.17, 15) is 19.2 Å². The smallest absolute Gasteiger partial charge is 0.271 e. The maximum Gasteiger partial charge on any atom is 0.271 e. The van der Waals surface area contributed by atoms with Crippen LogP contribution in [0.2, 0.25) is 0 Å². The van der Waals surface area contributed by atoms with Gasteiger partial charge in [-0.25, -0.2) is 0 Å². The molecule has 0 aliphatic heterocycles. The second kappa shape index (κ2) is 9.76. The summed E-state index contributed by atoms with van der Waals surface area (Å²) < 4.78 is 0. The SMILES string of the molecule is Nc1ccccc1C(=O)NNC(=O)c1cccc(C(=O)NNC(=O)c2ccccc2N)c1. The molecule has 10 nitrogen and oxygen atoms in total. The average Bonchev–Trinajstić information content (AvgIpc) is 2.81. The van der Waals surface area contributed by atoms with Gasteiger partial charge in [0.05, 0.1) is 11.1 Å². The molecule has 0 aliphatic carbocycles. The lowest BCUT2D eigenvalue weighted by Gasteiger charge is -2.11. The van der Waals surface area contributed by atoms with Crippen molar-refractivity contribution in [3.63, 3.8) is 0 Å². The summed E-state index contributed by atoms with van der Waals surface area (Å²) in [4.78, 5) is 49.0. The van der Waals surface area contributed by atoms with E-state index >= 15 is 0 Å². The molecular weight excluding hydrogens is 412 g/mol. The maximum absolute atomic E-state index is 12.4.